The Balaban J connectivity index is 1.95. The largest absolute Gasteiger partial charge is 0.481 e. The van der Waals surface area contributed by atoms with E-state index in [4.69, 9.17) is 15.7 Å². The van der Waals surface area contributed by atoms with Gasteiger partial charge in [0.05, 0.1) is 12.2 Å². The molecule has 6 heteroatoms. The van der Waals surface area contributed by atoms with Gasteiger partial charge in [0, 0.05) is 18.0 Å². The molecule has 0 saturated carbocycles. The van der Waals surface area contributed by atoms with Crippen molar-refractivity contribution in [1.82, 2.24) is 4.98 Å². The Kier molecular flexibility index (Phi) is 3.16. The zero-order chi connectivity index (χ0) is 14.8. The second-order valence-electron chi connectivity index (χ2n) is 4.66. The summed E-state index contributed by atoms with van der Waals surface area (Å²) < 4.78 is 5.39. The highest BCUT2D eigenvalue weighted by Crippen LogP contribution is 2.34. The number of fused-ring (bicyclic) bond motifs is 1. The molecule has 21 heavy (non-hydrogen) atoms. The van der Waals surface area contributed by atoms with Crippen molar-refractivity contribution in [2.75, 3.05) is 17.2 Å². The monoisotopic (exact) mass is 280 g/mol. The Labute approximate surface area is 121 Å². The third-order valence-corrected chi connectivity index (χ3v) is 3.21. The maximum atomic E-state index is 12.1. The lowest BCUT2D eigenvalue weighted by molar-refractivity contribution is -0.121. The number of aromatic nitrogens is 1. The second kappa shape index (κ2) is 5.13. The van der Waals surface area contributed by atoms with Crippen LogP contribution in [-0.2, 0) is 11.3 Å². The number of carbonyl (C=O) groups excluding carboxylic acids is 1. The lowest BCUT2D eigenvalue weighted by Gasteiger charge is -2.29. The minimum Gasteiger partial charge on any atom is -0.481 e. The van der Waals surface area contributed by atoms with Crippen LogP contribution in [0.15, 0.2) is 36.5 Å². The minimum absolute atomic E-state index is 0.0212. The molecule has 0 aliphatic carbocycles. The van der Waals surface area contributed by atoms with E-state index in [0.29, 0.717) is 29.4 Å². The number of pyridine rings is 1. The van der Waals surface area contributed by atoms with Crippen LogP contribution in [0.25, 0.3) is 0 Å². The van der Waals surface area contributed by atoms with Crippen LogP contribution < -0.4 is 15.4 Å². The van der Waals surface area contributed by atoms with E-state index < -0.39 is 0 Å². The number of nitrogen functional groups attached to an aromatic ring is 1. The highest BCUT2D eigenvalue weighted by atomic mass is 16.5. The molecule has 0 atom stereocenters. The van der Waals surface area contributed by atoms with E-state index in [1.165, 1.54) is 0 Å². The van der Waals surface area contributed by atoms with Crippen LogP contribution in [0.4, 0.5) is 11.4 Å². The molecule has 3 rings (SSSR count). The number of nitrogens with two attached hydrogens (primary N) is 1. The highest BCUT2D eigenvalue weighted by Gasteiger charge is 2.25. The van der Waals surface area contributed by atoms with Gasteiger partial charge in [-0.1, -0.05) is 0 Å². The van der Waals surface area contributed by atoms with Gasteiger partial charge in [-0.05, 0) is 29.8 Å². The first kappa shape index (κ1) is 12.9. The molecule has 0 radical (unpaired) electrons. The number of carbonyl (C=O) groups is 1. The van der Waals surface area contributed by atoms with Crippen LogP contribution in [-0.4, -0.2) is 17.5 Å². The Morgan fingerprint density at radius 3 is 3.05 bits per heavy atom. The lowest BCUT2D eigenvalue weighted by atomic mass is 10.1. The summed E-state index contributed by atoms with van der Waals surface area (Å²) in [6, 6.07) is 10.6. The number of hydrogen-bond donors (Lipinski definition) is 1. The van der Waals surface area contributed by atoms with Gasteiger partial charge in [0.2, 0.25) is 0 Å². The molecule has 0 fully saturated rings. The molecule has 2 N–H and O–H groups in total. The zero-order valence-electron chi connectivity index (χ0n) is 11.1. The SMILES string of the molecule is N#Cc1cc(CN2C(=O)COc3cc(N)ccc32)ccn1. The third-order valence-electron chi connectivity index (χ3n) is 3.21. The summed E-state index contributed by atoms with van der Waals surface area (Å²) in [6.45, 7) is 0.336. The van der Waals surface area contributed by atoms with Crippen molar-refractivity contribution in [1.29, 1.82) is 5.26 Å². The molecule has 2 aromatic rings. The first-order valence-corrected chi connectivity index (χ1v) is 6.35. The van der Waals surface area contributed by atoms with Crippen LogP contribution in [0, 0.1) is 11.3 Å². The summed E-state index contributed by atoms with van der Waals surface area (Å²) in [5, 5.41) is 8.88. The fourth-order valence-corrected chi connectivity index (χ4v) is 2.21. The first-order valence-electron chi connectivity index (χ1n) is 6.35. The molecular weight excluding hydrogens is 268 g/mol. The molecule has 1 aliphatic heterocycles. The molecule has 0 saturated heterocycles. The fraction of sp³-hybridized carbons (Fsp3) is 0.133. The number of nitrogens with zero attached hydrogens (tertiary/aromatic N) is 3. The average Bonchev–Trinajstić information content (AvgIpc) is 2.50. The van der Waals surface area contributed by atoms with Gasteiger partial charge in [-0.25, -0.2) is 4.98 Å². The Hall–Kier alpha value is -3.07. The topological polar surface area (TPSA) is 92.2 Å². The summed E-state index contributed by atoms with van der Waals surface area (Å²) >= 11 is 0. The summed E-state index contributed by atoms with van der Waals surface area (Å²) in [4.78, 5) is 17.6. The van der Waals surface area contributed by atoms with E-state index in [-0.39, 0.29) is 12.5 Å². The summed E-state index contributed by atoms with van der Waals surface area (Å²) in [7, 11) is 0. The van der Waals surface area contributed by atoms with Gasteiger partial charge in [0.1, 0.15) is 17.5 Å². The maximum Gasteiger partial charge on any atom is 0.265 e. The normalized spacial score (nSPS) is 13.3. The van der Waals surface area contributed by atoms with E-state index in [0.717, 1.165) is 5.56 Å². The molecule has 1 aromatic heterocycles. The Morgan fingerprint density at radius 1 is 1.38 bits per heavy atom. The molecule has 6 nitrogen and oxygen atoms in total. The number of ether oxygens (including phenoxy) is 1. The van der Waals surface area contributed by atoms with Gasteiger partial charge >= 0.3 is 0 Å². The molecule has 2 heterocycles. The van der Waals surface area contributed by atoms with Crippen LogP contribution in [0.1, 0.15) is 11.3 Å². The number of amides is 1. The van der Waals surface area contributed by atoms with Gasteiger partial charge in [-0.15, -0.1) is 0 Å². The summed E-state index contributed by atoms with van der Waals surface area (Å²) in [6.07, 6.45) is 1.56. The number of nitriles is 1. The predicted molar refractivity (Wildman–Crippen MR) is 76.5 cm³/mol. The van der Waals surface area contributed by atoms with Crippen molar-refractivity contribution in [2.45, 2.75) is 6.54 Å². The molecule has 1 aliphatic rings. The van der Waals surface area contributed by atoms with Crippen LogP contribution in [0.5, 0.6) is 5.75 Å². The standard InChI is InChI=1S/C15H12N4O2/c16-7-12-5-10(3-4-18-12)8-19-13-2-1-11(17)6-14(13)21-9-15(19)20/h1-6H,8-9,17H2. The van der Waals surface area contributed by atoms with Gasteiger partial charge < -0.3 is 15.4 Å². The van der Waals surface area contributed by atoms with Crippen molar-refractivity contribution in [3.8, 4) is 11.8 Å². The number of hydrogen-bond acceptors (Lipinski definition) is 5. The average molecular weight is 280 g/mol. The molecule has 104 valence electrons. The highest BCUT2D eigenvalue weighted by molar-refractivity contribution is 5.98. The van der Waals surface area contributed by atoms with Crippen molar-refractivity contribution >= 4 is 17.3 Å². The Bertz CT molecular complexity index is 752. The molecule has 1 aromatic carbocycles. The van der Waals surface area contributed by atoms with Gasteiger partial charge in [0.25, 0.3) is 5.91 Å². The van der Waals surface area contributed by atoms with E-state index in [1.807, 2.05) is 6.07 Å². The summed E-state index contributed by atoms with van der Waals surface area (Å²) in [5.41, 5.74) is 8.14. The van der Waals surface area contributed by atoms with E-state index in [2.05, 4.69) is 4.98 Å². The fourth-order valence-electron chi connectivity index (χ4n) is 2.21. The predicted octanol–water partition coefficient (Wildman–Crippen LogP) is 1.46. The molecular formula is C15H12N4O2. The van der Waals surface area contributed by atoms with Gasteiger partial charge in [-0.3, -0.25) is 4.79 Å². The number of benzene rings is 1. The maximum absolute atomic E-state index is 12.1. The van der Waals surface area contributed by atoms with Crippen molar-refractivity contribution in [3.05, 3.63) is 47.8 Å². The van der Waals surface area contributed by atoms with Gasteiger partial charge in [-0.2, -0.15) is 5.26 Å². The quantitative estimate of drug-likeness (QED) is 0.841. The summed E-state index contributed by atoms with van der Waals surface area (Å²) in [5.74, 6) is 0.451. The van der Waals surface area contributed by atoms with E-state index >= 15 is 0 Å². The lowest BCUT2D eigenvalue weighted by Crippen LogP contribution is -2.38. The van der Waals surface area contributed by atoms with Crippen LogP contribution in [0.2, 0.25) is 0 Å². The van der Waals surface area contributed by atoms with Crippen molar-refractivity contribution in [3.63, 3.8) is 0 Å². The first-order chi connectivity index (χ1) is 10.2. The molecule has 1 amide bonds. The zero-order valence-corrected chi connectivity index (χ0v) is 11.1. The minimum atomic E-state index is -0.136. The molecule has 0 bridgehead atoms. The smallest absolute Gasteiger partial charge is 0.265 e. The second-order valence-corrected chi connectivity index (χ2v) is 4.66. The van der Waals surface area contributed by atoms with Crippen LogP contribution >= 0.6 is 0 Å². The van der Waals surface area contributed by atoms with E-state index in [9.17, 15) is 4.79 Å². The number of rotatable bonds is 2. The molecule has 0 spiro atoms. The van der Waals surface area contributed by atoms with E-state index in [1.54, 1.807) is 41.4 Å². The third kappa shape index (κ3) is 2.49. The number of anilines is 2. The van der Waals surface area contributed by atoms with Gasteiger partial charge in [0.15, 0.2) is 6.61 Å². The van der Waals surface area contributed by atoms with Crippen LogP contribution in [0.3, 0.4) is 0 Å². The van der Waals surface area contributed by atoms with Crippen molar-refractivity contribution in [2.24, 2.45) is 0 Å². The van der Waals surface area contributed by atoms with Crippen molar-refractivity contribution < 1.29 is 9.53 Å². The molecule has 0 unspecified atom stereocenters. The Morgan fingerprint density at radius 2 is 2.24 bits per heavy atom.